The van der Waals surface area contributed by atoms with Crippen molar-refractivity contribution in [2.24, 2.45) is 12.8 Å². The van der Waals surface area contributed by atoms with Crippen molar-refractivity contribution >= 4 is 16.9 Å². The standard InChI is InChI=1S/C18H18FN3O4/c1-3-9-15(21-17(24)13(16(9)23)18(25)26)8-4-5-11-10(6-8)14(19)12(7-20)22(11)2/h4-6H,3,7,20H2,1-2H3,(H,25,26)(H2,21,23,24). The van der Waals surface area contributed by atoms with Crippen LogP contribution in [-0.4, -0.2) is 25.7 Å². The molecule has 7 nitrogen and oxygen atoms in total. The van der Waals surface area contributed by atoms with E-state index >= 15 is 0 Å². The topological polar surface area (TPSA) is 121 Å². The van der Waals surface area contributed by atoms with Crippen LogP contribution in [0.2, 0.25) is 0 Å². The summed E-state index contributed by atoms with van der Waals surface area (Å²) in [5.41, 5.74) is 5.97. The summed E-state index contributed by atoms with van der Waals surface area (Å²) in [6.45, 7) is 1.76. The summed E-state index contributed by atoms with van der Waals surface area (Å²) in [7, 11) is 1.71. The predicted molar refractivity (Wildman–Crippen MR) is 94.8 cm³/mol. The minimum Gasteiger partial charge on any atom is -0.506 e. The van der Waals surface area contributed by atoms with Gasteiger partial charge in [0.25, 0.3) is 5.56 Å². The van der Waals surface area contributed by atoms with Crippen molar-refractivity contribution in [3.8, 4) is 17.0 Å². The van der Waals surface area contributed by atoms with Crippen molar-refractivity contribution < 1.29 is 19.4 Å². The quantitative estimate of drug-likeness (QED) is 0.568. The van der Waals surface area contributed by atoms with E-state index in [1.54, 1.807) is 36.7 Å². The van der Waals surface area contributed by atoms with Gasteiger partial charge < -0.3 is 25.5 Å². The van der Waals surface area contributed by atoms with Gasteiger partial charge in [0.05, 0.1) is 16.9 Å². The van der Waals surface area contributed by atoms with Crippen molar-refractivity contribution in [3.63, 3.8) is 0 Å². The van der Waals surface area contributed by atoms with Gasteiger partial charge in [-0.2, -0.15) is 0 Å². The summed E-state index contributed by atoms with van der Waals surface area (Å²) in [6, 6.07) is 4.91. The largest absolute Gasteiger partial charge is 0.506 e. The number of rotatable bonds is 4. The molecule has 3 rings (SSSR count). The molecule has 0 fully saturated rings. The van der Waals surface area contributed by atoms with Gasteiger partial charge in [-0.05, 0) is 24.1 Å². The highest BCUT2D eigenvalue weighted by atomic mass is 19.1. The van der Waals surface area contributed by atoms with Crippen molar-refractivity contribution in [2.45, 2.75) is 19.9 Å². The molecule has 0 atom stereocenters. The Labute approximate surface area is 147 Å². The number of aromatic amines is 1. The van der Waals surface area contributed by atoms with Crippen LogP contribution in [0, 0.1) is 5.82 Å². The van der Waals surface area contributed by atoms with E-state index in [2.05, 4.69) is 4.98 Å². The summed E-state index contributed by atoms with van der Waals surface area (Å²) in [5.74, 6) is -2.53. The number of nitrogens with one attached hydrogen (secondary N) is 1. The summed E-state index contributed by atoms with van der Waals surface area (Å²) in [6.07, 6.45) is 0.279. The zero-order valence-electron chi connectivity index (χ0n) is 14.3. The molecule has 3 aromatic rings. The number of hydrogen-bond acceptors (Lipinski definition) is 4. The van der Waals surface area contributed by atoms with Crippen LogP contribution in [0.4, 0.5) is 4.39 Å². The molecule has 0 amide bonds. The van der Waals surface area contributed by atoms with Gasteiger partial charge in [0.15, 0.2) is 11.4 Å². The summed E-state index contributed by atoms with van der Waals surface area (Å²) in [4.78, 5) is 25.8. The smallest absolute Gasteiger partial charge is 0.345 e. The molecule has 0 spiro atoms. The molecular weight excluding hydrogens is 341 g/mol. The molecule has 0 bridgehead atoms. The Hall–Kier alpha value is -3.13. The van der Waals surface area contributed by atoms with Crippen LogP contribution in [0.25, 0.3) is 22.2 Å². The minimum absolute atomic E-state index is 0.0392. The Morgan fingerprint density at radius 3 is 2.65 bits per heavy atom. The summed E-state index contributed by atoms with van der Waals surface area (Å²) >= 11 is 0. The van der Waals surface area contributed by atoms with Crippen molar-refractivity contribution in [1.82, 2.24) is 9.55 Å². The van der Waals surface area contributed by atoms with Gasteiger partial charge in [-0.15, -0.1) is 0 Å². The number of aromatic hydroxyl groups is 1. The molecule has 0 radical (unpaired) electrons. The summed E-state index contributed by atoms with van der Waals surface area (Å²) < 4.78 is 16.3. The molecule has 2 aromatic heterocycles. The number of nitrogens with zero attached hydrogens (tertiary/aromatic N) is 1. The second-order valence-corrected chi connectivity index (χ2v) is 5.95. The lowest BCUT2D eigenvalue weighted by molar-refractivity contribution is 0.0691. The predicted octanol–water partition coefficient (Wildman–Crippen LogP) is 2.10. The molecule has 26 heavy (non-hydrogen) atoms. The van der Waals surface area contributed by atoms with Crippen LogP contribution < -0.4 is 11.3 Å². The number of H-pyrrole nitrogens is 1. The number of halogens is 1. The average molecular weight is 359 g/mol. The van der Waals surface area contributed by atoms with E-state index < -0.39 is 28.7 Å². The third-order valence-corrected chi connectivity index (χ3v) is 4.59. The van der Waals surface area contributed by atoms with E-state index in [0.29, 0.717) is 22.2 Å². The molecule has 8 heteroatoms. The average Bonchev–Trinajstić information content (AvgIpc) is 2.84. The highest BCUT2D eigenvalue weighted by Crippen LogP contribution is 2.33. The van der Waals surface area contributed by atoms with E-state index in [1.807, 2.05) is 0 Å². The molecule has 0 aliphatic carbocycles. The third-order valence-electron chi connectivity index (χ3n) is 4.59. The molecule has 2 heterocycles. The van der Waals surface area contributed by atoms with Crippen LogP contribution in [0.15, 0.2) is 23.0 Å². The Kier molecular flexibility index (Phi) is 4.29. The van der Waals surface area contributed by atoms with Gasteiger partial charge in [0, 0.05) is 24.5 Å². The van der Waals surface area contributed by atoms with Crippen LogP contribution in [0.3, 0.4) is 0 Å². The second kappa shape index (κ2) is 6.30. The van der Waals surface area contributed by atoms with Gasteiger partial charge in [0.1, 0.15) is 5.75 Å². The number of benzene rings is 1. The molecule has 0 unspecified atom stereocenters. The molecule has 0 saturated heterocycles. The molecule has 1 aromatic carbocycles. The number of carbonyl (C=O) groups is 1. The number of aromatic nitrogens is 2. The second-order valence-electron chi connectivity index (χ2n) is 5.95. The lowest BCUT2D eigenvalue weighted by Crippen LogP contribution is -2.20. The SMILES string of the molecule is CCc1c(-c2ccc3c(c2)c(F)c(CN)n3C)[nH]c(=O)c(C(=O)O)c1O. The molecule has 5 N–H and O–H groups in total. The lowest BCUT2D eigenvalue weighted by atomic mass is 9.99. The van der Waals surface area contributed by atoms with E-state index in [1.165, 1.54) is 0 Å². The molecular formula is C18H18FN3O4. The Morgan fingerprint density at radius 2 is 2.08 bits per heavy atom. The van der Waals surface area contributed by atoms with Crippen LogP contribution >= 0.6 is 0 Å². The van der Waals surface area contributed by atoms with Crippen LogP contribution in [0.5, 0.6) is 5.75 Å². The number of aryl methyl sites for hydroxylation is 1. The molecule has 0 aliphatic rings. The number of aromatic carboxylic acids is 1. The Morgan fingerprint density at radius 1 is 1.38 bits per heavy atom. The summed E-state index contributed by atoms with van der Waals surface area (Å²) in [5, 5.41) is 19.7. The van der Waals surface area contributed by atoms with Crippen LogP contribution in [0.1, 0.15) is 28.5 Å². The monoisotopic (exact) mass is 359 g/mol. The highest BCUT2D eigenvalue weighted by molar-refractivity contribution is 5.93. The van der Waals surface area contributed by atoms with Crippen molar-refractivity contribution in [1.29, 1.82) is 0 Å². The first-order valence-electron chi connectivity index (χ1n) is 8.00. The number of carboxylic acid groups (broad SMARTS) is 1. The normalized spacial score (nSPS) is 11.2. The van der Waals surface area contributed by atoms with E-state index in [0.717, 1.165) is 0 Å². The van der Waals surface area contributed by atoms with E-state index in [-0.39, 0.29) is 24.2 Å². The number of nitrogens with two attached hydrogens (primary N) is 1. The Balaban J connectivity index is 2.32. The fourth-order valence-electron chi connectivity index (χ4n) is 3.25. The first-order valence-corrected chi connectivity index (χ1v) is 8.00. The number of carboxylic acids is 1. The lowest BCUT2D eigenvalue weighted by Gasteiger charge is -2.12. The highest BCUT2D eigenvalue weighted by Gasteiger charge is 2.22. The zero-order chi connectivity index (χ0) is 19.2. The van der Waals surface area contributed by atoms with E-state index in [9.17, 15) is 19.1 Å². The van der Waals surface area contributed by atoms with Gasteiger partial charge >= 0.3 is 5.97 Å². The van der Waals surface area contributed by atoms with Crippen molar-refractivity contribution in [3.05, 3.63) is 51.2 Å². The Bertz CT molecular complexity index is 1100. The van der Waals surface area contributed by atoms with Gasteiger partial charge in [-0.25, -0.2) is 9.18 Å². The van der Waals surface area contributed by atoms with E-state index in [4.69, 9.17) is 10.8 Å². The first-order chi connectivity index (χ1) is 12.3. The molecule has 0 saturated carbocycles. The van der Waals surface area contributed by atoms with Crippen LogP contribution in [-0.2, 0) is 20.0 Å². The fourth-order valence-corrected chi connectivity index (χ4v) is 3.25. The van der Waals surface area contributed by atoms with Crippen molar-refractivity contribution in [2.75, 3.05) is 0 Å². The van der Waals surface area contributed by atoms with Gasteiger partial charge in [-0.1, -0.05) is 13.0 Å². The minimum atomic E-state index is -1.51. The van der Waals surface area contributed by atoms with Gasteiger partial charge in [0.2, 0.25) is 0 Å². The fraction of sp³-hybridized carbons (Fsp3) is 0.222. The molecule has 0 aliphatic heterocycles. The first kappa shape index (κ1) is 17.7. The number of hydrogen-bond donors (Lipinski definition) is 4. The van der Waals surface area contributed by atoms with Gasteiger partial charge in [-0.3, -0.25) is 4.79 Å². The maximum Gasteiger partial charge on any atom is 0.345 e. The molecule has 136 valence electrons. The zero-order valence-corrected chi connectivity index (χ0v) is 14.3. The maximum atomic E-state index is 14.6. The number of fused-ring (bicyclic) bond motifs is 1. The number of pyridine rings is 1. The third kappa shape index (κ3) is 2.46. The maximum absolute atomic E-state index is 14.6.